The van der Waals surface area contributed by atoms with Crippen molar-refractivity contribution >= 4 is 52.7 Å². The van der Waals surface area contributed by atoms with Crippen molar-refractivity contribution in [3.63, 3.8) is 0 Å². The van der Waals surface area contributed by atoms with Crippen LogP contribution >= 0.6 is 23.2 Å². The van der Waals surface area contributed by atoms with Crippen molar-refractivity contribution in [3.8, 4) is 5.75 Å². The zero-order valence-corrected chi connectivity index (χ0v) is 14.6. The highest BCUT2D eigenvalue weighted by atomic mass is 35.5. The van der Waals surface area contributed by atoms with Gasteiger partial charge >= 0.3 is 6.09 Å². The average Bonchev–Trinajstić information content (AvgIpc) is 2.83. The fourth-order valence-corrected chi connectivity index (χ4v) is 2.71. The van der Waals surface area contributed by atoms with E-state index in [9.17, 15) is 14.7 Å². The molecule has 0 saturated carbocycles. The van der Waals surface area contributed by atoms with E-state index >= 15 is 0 Å². The van der Waals surface area contributed by atoms with Gasteiger partial charge in [0.15, 0.2) is 16.7 Å². The number of benzene rings is 1. The number of pyridine rings is 1. The van der Waals surface area contributed by atoms with E-state index < -0.39 is 12.0 Å². The molecule has 3 rings (SSSR count). The molecule has 2 amide bonds. The van der Waals surface area contributed by atoms with E-state index in [1.54, 1.807) is 18.2 Å². The first-order valence-corrected chi connectivity index (χ1v) is 7.96. The third-order valence-corrected chi connectivity index (χ3v) is 4.11. The second-order valence-corrected chi connectivity index (χ2v) is 6.16. The number of cyclic esters (lactones) is 1. The number of carbonyl (C=O) groups excluding carboxylic acids is 2. The number of imide groups is 1. The molecule has 10 heteroatoms. The first-order chi connectivity index (χ1) is 12.3. The Morgan fingerprint density at radius 1 is 1.19 bits per heavy atom. The number of anilines is 2. The zero-order chi connectivity index (χ0) is 19.0. The standard InChI is InChI=1S/C16H12Cl2N4O4/c17-9-5-8(21-14(18)13(9)23)6-22-15(24)12(26-16(22)25)4-7-1-2-10(19)11(20)3-7/h1-5,23H,6,19-20H2/b12-4-. The van der Waals surface area contributed by atoms with Gasteiger partial charge in [-0.15, -0.1) is 0 Å². The monoisotopic (exact) mass is 394 g/mol. The van der Waals surface area contributed by atoms with Crippen molar-refractivity contribution in [3.05, 3.63) is 51.5 Å². The molecule has 0 spiro atoms. The molecular weight excluding hydrogens is 383 g/mol. The maximum atomic E-state index is 12.4. The number of hydrogen-bond donors (Lipinski definition) is 3. The van der Waals surface area contributed by atoms with Crippen LogP contribution in [0.25, 0.3) is 6.08 Å². The number of nitrogens with two attached hydrogens (primary N) is 2. The smallest absolute Gasteiger partial charge is 0.422 e. The normalized spacial score (nSPS) is 15.6. The Kier molecular flexibility index (Phi) is 4.62. The van der Waals surface area contributed by atoms with E-state index in [0.717, 1.165) is 4.90 Å². The van der Waals surface area contributed by atoms with Crippen LogP contribution in [0.3, 0.4) is 0 Å². The van der Waals surface area contributed by atoms with Gasteiger partial charge in [0.05, 0.1) is 28.6 Å². The van der Waals surface area contributed by atoms with Gasteiger partial charge in [-0.05, 0) is 29.8 Å². The van der Waals surface area contributed by atoms with Crippen LogP contribution in [0.15, 0.2) is 30.0 Å². The number of halogens is 2. The predicted octanol–water partition coefficient (Wildman–Crippen LogP) is 2.78. The molecule has 0 unspecified atom stereocenters. The van der Waals surface area contributed by atoms with Crippen molar-refractivity contribution in [2.24, 2.45) is 0 Å². The highest BCUT2D eigenvalue weighted by Gasteiger charge is 2.37. The van der Waals surface area contributed by atoms with E-state index in [2.05, 4.69) is 4.98 Å². The van der Waals surface area contributed by atoms with E-state index in [1.807, 2.05) is 0 Å². The second kappa shape index (κ2) is 6.74. The maximum Gasteiger partial charge on any atom is 0.422 e. The van der Waals surface area contributed by atoms with Gasteiger partial charge in [-0.25, -0.2) is 14.7 Å². The summed E-state index contributed by atoms with van der Waals surface area (Å²) in [7, 11) is 0. The van der Waals surface area contributed by atoms with Gasteiger partial charge in [0.2, 0.25) is 0 Å². The summed E-state index contributed by atoms with van der Waals surface area (Å²) < 4.78 is 5.00. The van der Waals surface area contributed by atoms with Gasteiger partial charge in [-0.3, -0.25) is 4.79 Å². The molecule has 134 valence electrons. The number of aromatic hydroxyl groups is 1. The summed E-state index contributed by atoms with van der Waals surface area (Å²) in [5, 5.41) is 9.23. The van der Waals surface area contributed by atoms with Crippen LogP contribution in [0.1, 0.15) is 11.3 Å². The molecule has 0 bridgehead atoms. The first kappa shape index (κ1) is 17.8. The van der Waals surface area contributed by atoms with Crippen LogP contribution in [0.4, 0.5) is 16.2 Å². The van der Waals surface area contributed by atoms with Crippen molar-refractivity contribution in [2.75, 3.05) is 11.5 Å². The minimum Gasteiger partial charge on any atom is -0.504 e. The summed E-state index contributed by atoms with van der Waals surface area (Å²) in [4.78, 5) is 29.1. The molecule has 0 radical (unpaired) electrons. The van der Waals surface area contributed by atoms with Crippen LogP contribution in [-0.4, -0.2) is 27.0 Å². The number of aromatic nitrogens is 1. The summed E-state index contributed by atoms with van der Waals surface area (Å²) in [5.74, 6) is -1.21. The fourth-order valence-electron chi connectivity index (χ4n) is 2.24. The van der Waals surface area contributed by atoms with Gasteiger partial charge < -0.3 is 21.3 Å². The summed E-state index contributed by atoms with van der Waals surface area (Å²) >= 11 is 11.6. The Hall–Kier alpha value is -2.97. The molecule has 1 aliphatic rings. The number of rotatable bonds is 3. The number of nitrogen functional groups attached to an aromatic ring is 2. The summed E-state index contributed by atoms with van der Waals surface area (Å²) in [6, 6.07) is 6.05. The van der Waals surface area contributed by atoms with E-state index in [-0.39, 0.29) is 33.9 Å². The highest BCUT2D eigenvalue weighted by molar-refractivity contribution is 6.36. The molecule has 1 aliphatic heterocycles. The molecule has 0 atom stereocenters. The van der Waals surface area contributed by atoms with Crippen LogP contribution in [0, 0.1) is 0 Å². The van der Waals surface area contributed by atoms with Gasteiger partial charge in [0.1, 0.15) is 0 Å². The molecular formula is C16H12Cl2N4O4. The third-order valence-electron chi connectivity index (χ3n) is 3.56. The van der Waals surface area contributed by atoms with Crippen molar-refractivity contribution < 1.29 is 19.4 Å². The van der Waals surface area contributed by atoms with Crippen LogP contribution < -0.4 is 11.5 Å². The zero-order valence-electron chi connectivity index (χ0n) is 13.1. The van der Waals surface area contributed by atoms with Crippen LogP contribution in [0.5, 0.6) is 5.75 Å². The second-order valence-electron chi connectivity index (χ2n) is 5.39. The SMILES string of the molecule is Nc1ccc(/C=C2\OC(=O)N(Cc3cc(Cl)c(O)c(Cl)n3)C2=O)cc1N. The first-order valence-electron chi connectivity index (χ1n) is 7.20. The van der Waals surface area contributed by atoms with Gasteiger partial charge in [-0.1, -0.05) is 29.3 Å². The Morgan fingerprint density at radius 2 is 1.92 bits per heavy atom. The molecule has 2 heterocycles. The Bertz CT molecular complexity index is 938. The minimum absolute atomic E-state index is 0.0480. The Morgan fingerprint density at radius 3 is 2.58 bits per heavy atom. The maximum absolute atomic E-state index is 12.4. The largest absolute Gasteiger partial charge is 0.504 e. The van der Waals surface area contributed by atoms with Crippen LogP contribution in [0.2, 0.25) is 10.2 Å². The van der Waals surface area contributed by atoms with E-state index in [0.29, 0.717) is 16.9 Å². The quantitative estimate of drug-likeness (QED) is 0.414. The van der Waals surface area contributed by atoms with Gasteiger partial charge in [0.25, 0.3) is 5.91 Å². The lowest BCUT2D eigenvalue weighted by Crippen LogP contribution is -2.28. The lowest BCUT2D eigenvalue weighted by molar-refractivity contribution is -0.123. The molecule has 2 aromatic rings. The predicted molar refractivity (Wildman–Crippen MR) is 96.2 cm³/mol. The third kappa shape index (κ3) is 3.37. The molecule has 1 aromatic carbocycles. The Labute approximate surface area is 157 Å². The molecule has 26 heavy (non-hydrogen) atoms. The molecule has 1 saturated heterocycles. The molecule has 1 fully saturated rings. The van der Waals surface area contributed by atoms with Crippen molar-refractivity contribution in [2.45, 2.75) is 6.54 Å². The minimum atomic E-state index is -0.869. The van der Waals surface area contributed by atoms with Gasteiger partial charge in [-0.2, -0.15) is 0 Å². The average molecular weight is 395 g/mol. The Balaban J connectivity index is 1.85. The molecule has 5 N–H and O–H groups in total. The molecule has 1 aromatic heterocycles. The van der Waals surface area contributed by atoms with Crippen LogP contribution in [-0.2, 0) is 16.1 Å². The number of ether oxygens (including phenoxy) is 1. The lowest BCUT2D eigenvalue weighted by Gasteiger charge is -2.10. The fraction of sp³-hybridized carbons (Fsp3) is 0.0625. The topological polar surface area (TPSA) is 132 Å². The summed E-state index contributed by atoms with van der Waals surface area (Å²) in [5.41, 5.74) is 12.8. The van der Waals surface area contributed by atoms with Crippen molar-refractivity contribution in [1.82, 2.24) is 9.88 Å². The molecule has 8 nitrogen and oxygen atoms in total. The number of amides is 2. The number of hydrogen-bond acceptors (Lipinski definition) is 7. The van der Waals surface area contributed by atoms with Gasteiger partial charge in [0, 0.05) is 0 Å². The number of carbonyl (C=O) groups is 2. The highest BCUT2D eigenvalue weighted by Crippen LogP contribution is 2.31. The molecule has 0 aliphatic carbocycles. The van der Waals surface area contributed by atoms with E-state index in [1.165, 1.54) is 12.1 Å². The summed E-state index contributed by atoms with van der Waals surface area (Å²) in [6.07, 6.45) is 0.507. The van der Waals surface area contributed by atoms with Crippen molar-refractivity contribution in [1.29, 1.82) is 0 Å². The summed E-state index contributed by atoms with van der Waals surface area (Å²) in [6.45, 7) is -0.224. The lowest BCUT2D eigenvalue weighted by atomic mass is 10.1. The van der Waals surface area contributed by atoms with E-state index in [4.69, 9.17) is 39.4 Å². The number of nitrogens with zero attached hydrogens (tertiary/aromatic N) is 2.